The van der Waals surface area contributed by atoms with Gasteiger partial charge in [-0.2, -0.15) is 0 Å². The highest BCUT2D eigenvalue weighted by Gasteiger charge is 2.18. The lowest BCUT2D eigenvalue weighted by molar-refractivity contribution is 0.0987. The van der Waals surface area contributed by atoms with Gasteiger partial charge in [-0.25, -0.2) is 15.8 Å². The van der Waals surface area contributed by atoms with E-state index in [1.807, 2.05) is 22.9 Å². The van der Waals surface area contributed by atoms with E-state index in [1.165, 1.54) is 11.3 Å². The monoisotopic (exact) mass is 335 g/mol. The molecule has 0 atom stereocenters. The number of nitrogens with zero attached hydrogens (tertiary/aromatic N) is 2. The summed E-state index contributed by atoms with van der Waals surface area (Å²) in [6, 6.07) is 10.5. The molecule has 3 rings (SSSR count). The van der Waals surface area contributed by atoms with Crippen molar-refractivity contribution in [1.82, 2.24) is 4.98 Å². The van der Waals surface area contributed by atoms with Crippen LogP contribution in [0.15, 0.2) is 47.2 Å². The molecular weight excluding hydrogens is 326 g/mol. The number of anilines is 1. The minimum atomic E-state index is -0.321. The molecule has 7 heteroatoms. The SMILES string of the molecule is NN(C(=O)c1ccc(Cl)cc1)c1nc(-c2cccs2)cs1. The van der Waals surface area contributed by atoms with Crippen molar-refractivity contribution in [3.63, 3.8) is 0 Å². The maximum absolute atomic E-state index is 12.3. The molecular formula is C14H10ClN3OS2. The Morgan fingerprint density at radius 3 is 2.62 bits per heavy atom. The van der Waals surface area contributed by atoms with Crippen LogP contribution < -0.4 is 10.9 Å². The molecule has 0 aliphatic rings. The molecule has 2 N–H and O–H groups in total. The fourth-order valence-electron chi connectivity index (χ4n) is 1.73. The van der Waals surface area contributed by atoms with Gasteiger partial charge in [-0.05, 0) is 35.7 Å². The molecule has 3 aromatic rings. The number of benzene rings is 1. The van der Waals surface area contributed by atoms with Gasteiger partial charge in [-0.3, -0.25) is 4.79 Å². The first-order valence-electron chi connectivity index (χ1n) is 5.99. The first-order valence-corrected chi connectivity index (χ1v) is 8.13. The van der Waals surface area contributed by atoms with E-state index < -0.39 is 0 Å². The van der Waals surface area contributed by atoms with Gasteiger partial charge in [0, 0.05) is 16.0 Å². The lowest BCUT2D eigenvalue weighted by Crippen LogP contribution is -2.37. The number of aromatic nitrogens is 1. The minimum absolute atomic E-state index is 0.321. The number of thiazole rings is 1. The van der Waals surface area contributed by atoms with Crippen LogP contribution in [0.5, 0.6) is 0 Å². The molecule has 0 radical (unpaired) electrons. The zero-order chi connectivity index (χ0) is 14.8. The topological polar surface area (TPSA) is 59.2 Å². The Kier molecular flexibility index (Phi) is 4.03. The number of carbonyl (C=O) groups excluding carboxylic acids is 1. The molecule has 0 unspecified atom stereocenters. The maximum atomic E-state index is 12.3. The van der Waals surface area contributed by atoms with Gasteiger partial charge >= 0.3 is 0 Å². The van der Waals surface area contributed by atoms with Gasteiger partial charge in [0.15, 0.2) is 0 Å². The van der Waals surface area contributed by atoms with E-state index >= 15 is 0 Å². The van der Waals surface area contributed by atoms with E-state index in [4.69, 9.17) is 17.4 Å². The van der Waals surface area contributed by atoms with Crippen LogP contribution in [0.1, 0.15) is 10.4 Å². The molecule has 0 spiro atoms. The van der Waals surface area contributed by atoms with Crippen LogP contribution in [-0.4, -0.2) is 10.9 Å². The fraction of sp³-hybridized carbons (Fsp3) is 0. The molecule has 0 aliphatic heterocycles. The highest BCUT2D eigenvalue weighted by atomic mass is 35.5. The molecule has 2 heterocycles. The van der Waals surface area contributed by atoms with Crippen molar-refractivity contribution in [3.8, 4) is 10.6 Å². The van der Waals surface area contributed by atoms with Gasteiger partial charge in [-0.1, -0.05) is 17.7 Å². The Labute approximate surface area is 134 Å². The number of nitrogens with two attached hydrogens (primary N) is 1. The lowest BCUT2D eigenvalue weighted by Gasteiger charge is -2.12. The second-order valence-electron chi connectivity index (χ2n) is 4.17. The number of halogens is 1. The van der Waals surface area contributed by atoms with Gasteiger partial charge in [0.25, 0.3) is 5.91 Å². The number of hydrogen-bond donors (Lipinski definition) is 1. The van der Waals surface area contributed by atoms with Gasteiger partial charge in [0.05, 0.1) is 10.6 Å². The van der Waals surface area contributed by atoms with Crippen molar-refractivity contribution in [2.75, 3.05) is 5.01 Å². The van der Waals surface area contributed by atoms with Crippen molar-refractivity contribution < 1.29 is 4.79 Å². The summed E-state index contributed by atoms with van der Waals surface area (Å²) in [4.78, 5) is 17.7. The second-order valence-corrected chi connectivity index (χ2v) is 6.40. The normalized spacial score (nSPS) is 10.6. The fourth-order valence-corrected chi connectivity index (χ4v) is 3.36. The van der Waals surface area contributed by atoms with Crippen LogP contribution in [0, 0.1) is 0 Å². The van der Waals surface area contributed by atoms with E-state index in [9.17, 15) is 4.79 Å². The van der Waals surface area contributed by atoms with Crippen LogP contribution in [0.3, 0.4) is 0 Å². The molecule has 21 heavy (non-hydrogen) atoms. The maximum Gasteiger partial charge on any atom is 0.274 e. The van der Waals surface area contributed by atoms with Crippen LogP contribution in [0.4, 0.5) is 5.13 Å². The molecule has 4 nitrogen and oxygen atoms in total. The molecule has 0 fully saturated rings. The number of amides is 1. The predicted octanol–water partition coefficient (Wildman–Crippen LogP) is 4.05. The molecule has 106 valence electrons. The van der Waals surface area contributed by atoms with E-state index in [2.05, 4.69) is 4.98 Å². The van der Waals surface area contributed by atoms with E-state index in [0.717, 1.165) is 15.6 Å². The number of hydrazine groups is 1. The molecule has 0 aliphatic carbocycles. The Bertz CT molecular complexity index is 753. The zero-order valence-electron chi connectivity index (χ0n) is 10.7. The van der Waals surface area contributed by atoms with Crippen molar-refractivity contribution in [2.24, 2.45) is 5.84 Å². The summed E-state index contributed by atoms with van der Waals surface area (Å²) in [5.74, 6) is 5.56. The zero-order valence-corrected chi connectivity index (χ0v) is 13.1. The highest BCUT2D eigenvalue weighted by Crippen LogP contribution is 2.29. The summed E-state index contributed by atoms with van der Waals surface area (Å²) in [6.07, 6.45) is 0. The third-order valence-electron chi connectivity index (χ3n) is 2.78. The standard InChI is InChI=1S/C14H10ClN3OS2/c15-10-5-3-9(4-6-10)13(19)18(16)14-17-11(8-21-14)12-2-1-7-20-12/h1-8H,16H2. The summed E-state index contributed by atoms with van der Waals surface area (Å²) in [5.41, 5.74) is 1.29. The average Bonchev–Trinajstić information content (AvgIpc) is 3.17. The van der Waals surface area contributed by atoms with Gasteiger partial charge in [-0.15, -0.1) is 22.7 Å². The van der Waals surface area contributed by atoms with Crippen molar-refractivity contribution in [2.45, 2.75) is 0 Å². The van der Waals surface area contributed by atoms with E-state index in [-0.39, 0.29) is 5.91 Å². The van der Waals surface area contributed by atoms with E-state index in [1.54, 1.807) is 35.6 Å². The Balaban J connectivity index is 1.83. The third kappa shape index (κ3) is 2.98. The summed E-state index contributed by atoms with van der Waals surface area (Å²) in [7, 11) is 0. The number of carbonyl (C=O) groups is 1. The van der Waals surface area contributed by atoms with Crippen LogP contribution in [0.25, 0.3) is 10.6 Å². The van der Waals surface area contributed by atoms with E-state index in [0.29, 0.717) is 15.7 Å². The molecule has 0 saturated carbocycles. The van der Waals surface area contributed by atoms with Crippen molar-refractivity contribution in [3.05, 3.63) is 57.7 Å². The highest BCUT2D eigenvalue weighted by molar-refractivity contribution is 7.16. The van der Waals surface area contributed by atoms with Crippen molar-refractivity contribution in [1.29, 1.82) is 0 Å². The van der Waals surface area contributed by atoms with Crippen LogP contribution >= 0.6 is 34.3 Å². The Morgan fingerprint density at radius 1 is 1.19 bits per heavy atom. The average molecular weight is 336 g/mol. The summed E-state index contributed by atoms with van der Waals surface area (Å²) in [6.45, 7) is 0. The quantitative estimate of drug-likeness (QED) is 0.446. The summed E-state index contributed by atoms with van der Waals surface area (Å²) < 4.78 is 0. The molecule has 1 amide bonds. The predicted molar refractivity (Wildman–Crippen MR) is 87.9 cm³/mol. The van der Waals surface area contributed by atoms with Gasteiger partial charge < -0.3 is 0 Å². The molecule has 2 aromatic heterocycles. The second kappa shape index (κ2) is 5.95. The Morgan fingerprint density at radius 2 is 1.95 bits per heavy atom. The lowest BCUT2D eigenvalue weighted by atomic mass is 10.2. The summed E-state index contributed by atoms with van der Waals surface area (Å²) in [5, 5.41) is 5.96. The largest absolute Gasteiger partial charge is 0.274 e. The Hall–Kier alpha value is -1.73. The first-order chi connectivity index (χ1) is 10.1. The third-order valence-corrected chi connectivity index (χ3v) is 4.77. The number of thiophene rings is 1. The number of rotatable bonds is 3. The summed E-state index contributed by atoms with van der Waals surface area (Å²) >= 11 is 8.73. The van der Waals surface area contributed by atoms with Crippen LogP contribution in [0.2, 0.25) is 5.02 Å². The minimum Gasteiger partial charge on any atom is -0.267 e. The van der Waals surface area contributed by atoms with Gasteiger partial charge in [0.2, 0.25) is 5.13 Å². The van der Waals surface area contributed by atoms with Crippen LogP contribution in [-0.2, 0) is 0 Å². The molecule has 0 saturated heterocycles. The number of hydrogen-bond acceptors (Lipinski definition) is 5. The molecule has 0 bridgehead atoms. The first kappa shape index (κ1) is 14.2. The smallest absolute Gasteiger partial charge is 0.267 e. The van der Waals surface area contributed by atoms with Gasteiger partial charge in [0.1, 0.15) is 0 Å². The molecule has 1 aromatic carbocycles. The van der Waals surface area contributed by atoms with Crippen molar-refractivity contribution >= 4 is 45.3 Å².